The van der Waals surface area contributed by atoms with Crippen molar-refractivity contribution in [2.75, 3.05) is 31.5 Å². The molecule has 1 aromatic heterocycles. The Morgan fingerprint density at radius 2 is 1.78 bits per heavy atom. The number of rotatable bonds is 3. The lowest BCUT2D eigenvalue weighted by atomic mass is 10.2. The van der Waals surface area contributed by atoms with Crippen molar-refractivity contribution in [1.82, 2.24) is 9.88 Å². The third kappa shape index (κ3) is 4.50. The second kappa shape index (κ2) is 7.53. The molecular formula is C18H23N4S+. The fraction of sp³-hybridized carbons (Fsp3) is 0.333. The van der Waals surface area contributed by atoms with Crippen LogP contribution in [0.5, 0.6) is 0 Å². The molecule has 0 aliphatic carbocycles. The Morgan fingerprint density at radius 3 is 2.43 bits per heavy atom. The number of nitrogens with one attached hydrogen (secondary N) is 2. The van der Waals surface area contributed by atoms with Gasteiger partial charge in [-0.05, 0) is 43.4 Å². The number of pyridine rings is 1. The monoisotopic (exact) mass is 327 g/mol. The van der Waals surface area contributed by atoms with Gasteiger partial charge in [-0.15, -0.1) is 0 Å². The van der Waals surface area contributed by atoms with E-state index in [1.54, 1.807) is 4.90 Å². The maximum absolute atomic E-state index is 5.55. The number of benzene rings is 1. The van der Waals surface area contributed by atoms with Gasteiger partial charge >= 0.3 is 0 Å². The predicted octanol–water partition coefficient (Wildman–Crippen LogP) is 1.49. The third-order valence-electron chi connectivity index (χ3n) is 4.26. The van der Waals surface area contributed by atoms with Crippen LogP contribution in [0, 0.1) is 6.92 Å². The number of aromatic nitrogens is 1. The van der Waals surface area contributed by atoms with E-state index >= 15 is 0 Å². The lowest BCUT2D eigenvalue weighted by Crippen LogP contribution is -3.13. The molecular weight excluding hydrogens is 304 g/mol. The van der Waals surface area contributed by atoms with Crippen molar-refractivity contribution in [2.24, 2.45) is 0 Å². The highest BCUT2D eigenvalue weighted by molar-refractivity contribution is 7.80. The predicted molar refractivity (Wildman–Crippen MR) is 97.6 cm³/mol. The molecule has 5 heteroatoms. The standard InChI is InChI=1S/C18H22N4S/c1-15-2-4-17(5-3-15)20-18(23)22-12-10-21(11-13-22)14-16-6-8-19-9-7-16/h2-9H,10-14H2,1H3,(H,20,23)/p+1. The van der Waals surface area contributed by atoms with Crippen molar-refractivity contribution in [3.8, 4) is 0 Å². The molecule has 0 bridgehead atoms. The van der Waals surface area contributed by atoms with Crippen LogP contribution >= 0.6 is 12.2 Å². The van der Waals surface area contributed by atoms with Gasteiger partial charge in [0.1, 0.15) is 6.54 Å². The minimum absolute atomic E-state index is 0.830. The summed E-state index contributed by atoms with van der Waals surface area (Å²) in [6.45, 7) is 7.37. The number of thiocarbonyl (C=S) groups is 1. The minimum atomic E-state index is 0.830. The van der Waals surface area contributed by atoms with Gasteiger partial charge in [-0.2, -0.15) is 0 Å². The third-order valence-corrected chi connectivity index (χ3v) is 4.62. The zero-order chi connectivity index (χ0) is 16.1. The zero-order valence-electron chi connectivity index (χ0n) is 13.5. The molecule has 1 aliphatic rings. The van der Waals surface area contributed by atoms with Gasteiger partial charge in [-0.3, -0.25) is 4.98 Å². The largest absolute Gasteiger partial charge is 0.338 e. The molecule has 3 rings (SSSR count). The van der Waals surface area contributed by atoms with E-state index in [0.29, 0.717) is 0 Å². The van der Waals surface area contributed by atoms with E-state index in [1.165, 1.54) is 11.1 Å². The Kier molecular flexibility index (Phi) is 5.20. The van der Waals surface area contributed by atoms with E-state index in [0.717, 1.165) is 43.5 Å². The van der Waals surface area contributed by atoms with Crippen molar-refractivity contribution in [3.05, 3.63) is 59.9 Å². The molecule has 2 N–H and O–H groups in total. The Morgan fingerprint density at radius 1 is 1.13 bits per heavy atom. The van der Waals surface area contributed by atoms with Crippen LogP contribution in [0.15, 0.2) is 48.8 Å². The maximum Gasteiger partial charge on any atom is 0.173 e. The molecule has 1 saturated heterocycles. The van der Waals surface area contributed by atoms with Crippen molar-refractivity contribution >= 4 is 23.0 Å². The summed E-state index contributed by atoms with van der Waals surface area (Å²) in [7, 11) is 0. The van der Waals surface area contributed by atoms with Crippen molar-refractivity contribution < 1.29 is 4.90 Å². The first-order chi connectivity index (χ1) is 11.2. The van der Waals surface area contributed by atoms with E-state index in [-0.39, 0.29) is 0 Å². The number of quaternary nitrogens is 1. The van der Waals surface area contributed by atoms with Crippen LogP contribution in [0.1, 0.15) is 11.1 Å². The van der Waals surface area contributed by atoms with Gasteiger partial charge in [0.25, 0.3) is 0 Å². The van der Waals surface area contributed by atoms with Gasteiger partial charge in [-0.25, -0.2) is 0 Å². The number of aryl methyl sites for hydroxylation is 1. The highest BCUT2D eigenvalue weighted by atomic mass is 32.1. The minimum Gasteiger partial charge on any atom is -0.338 e. The highest BCUT2D eigenvalue weighted by Gasteiger charge is 2.21. The molecule has 0 amide bonds. The fourth-order valence-electron chi connectivity index (χ4n) is 2.83. The van der Waals surface area contributed by atoms with E-state index in [9.17, 15) is 0 Å². The molecule has 2 aromatic rings. The smallest absolute Gasteiger partial charge is 0.173 e. The van der Waals surface area contributed by atoms with Gasteiger partial charge in [0.15, 0.2) is 5.11 Å². The highest BCUT2D eigenvalue weighted by Crippen LogP contribution is 2.09. The SMILES string of the molecule is Cc1ccc(NC(=S)N2CC[NH+](Cc3ccncc3)CC2)cc1. The Bertz CT molecular complexity index is 634. The molecule has 1 fully saturated rings. The lowest BCUT2D eigenvalue weighted by molar-refractivity contribution is -0.917. The summed E-state index contributed by atoms with van der Waals surface area (Å²) < 4.78 is 0. The average molecular weight is 327 g/mol. The zero-order valence-corrected chi connectivity index (χ0v) is 14.3. The van der Waals surface area contributed by atoms with Crippen LogP contribution in [-0.2, 0) is 6.54 Å². The summed E-state index contributed by atoms with van der Waals surface area (Å²) in [6.07, 6.45) is 3.73. The van der Waals surface area contributed by atoms with Crippen LogP contribution in [0.3, 0.4) is 0 Å². The molecule has 4 nitrogen and oxygen atoms in total. The molecule has 1 aliphatic heterocycles. The quantitative estimate of drug-likeness (QED) is 0.837. The van der Waals surface area contributed by atoms with Crippen LogP contribution in [0.25, 0.3) is 0 Å². The van der Waals surface area contributed by atoms with Crippen molar-refractivity contribution in [3.63, 3.8) is 0 Å². The van der Waals surface area contributed by atoms with Gasteiger partial charge in [0.05, 0.1) is 26.2 Å². The van der Waals surface area contributed by atoms with E-state index < -0.39 is 0 Å². The molecule has 1 aromatic carbocycles. The second-order valence-electron chi connectivity index (χ2n) is 6.07. The Labute approximate surface area is 143 Å². The first kappa shape index (κ1) is 15.9. The van der Waals surface area contributed by atoms with Crippen LogP contribution in [-0.4, -0.2) is 41.2 Å². The number of piperazine rings is 1. The van der Waals surface area contributed by atoms with Crippen molar-refractivity contribution in [2.45, 2.75) is 13.5 Å². The van der Waals surface area contributed by atoms with Crippen molar-refractivity contribution in [1.29, 1.82) is 0 Å². The van der Waals surface area contributed by atoms with Gasteiger partial charge < -0.3 is 15.1 Å². The summed E-state index contributed by atoms with van der Waals surface area (Å²) in [5, 5.41) is 4.17. The molecule has 23 heavy (non-hydrogen) atoms. The first-order valence-corrected chi connectivity index (χ1v) is 8.46. The number of anilines is 1. The molecule has 0 spiro atoms. The molecule has 0 radical (unpaired) electrons. The number of nitrogens with zero attached hydrogens (tertiary/aromatic N) is 2. The summed E-state index contributed by atoms with van der Waals surface area (Å²) in [5.41, 5.74) is 3.67. The molecule has 0 saturated carbocycles. The topological polar surface area (TPSA) is 32.6 Å². The summed E-state index contributed by atoms with van der Waals surface area (Å²) in [4.78, 5) is 7.95. The normalized spacial score (nSPS) is 15.4. The van der Waals surface area contributed by atoms with E-state index in [1.807, 2.05) is 12.4 Å². The average Bonchev–Trinajstić information content (AvgIpc) is 2.58. The Hall–Kier alpha value is -1.98. The second-order valence-corrected chi connectivity index (χ2v) is 6.45. The van der Waals surface area contributed by atoms with Gasteiger partial charge in [-0.1, -0.05) is 17.7 Å². The molecule has 0 unspecified atom stereocenters. The van der Waals surface area contributed by atoms with Crippen LogP contribution in [0.2, 0.25) is 0 Å². The molecule has 0 atom stereocenters. The van der Waals surface area contributed by atoms with E-state index in [4.69, 9.17) is 12.2 Å². The molecule has 120 valence electrons. The molecule has 2 heterocycles. The van der Waals surface area contributed by atoms with Gasteiger partial charge in [0, 0.05) is 23.6 Å². The van der Waals surface area contributed by atoms with Crippen LogP contribution in [0.4, 0.5) is 5.69 Å². The summed E-state index contributed by atoms with van der Waals surface area (Å²) in [6, 6.07) is 12.6. The van der Waals surface area contributed by atoms with Crippen LogP contribution < -0.4 is 10.2 Å². The van der Waals surface area contributed by atoms with Gasteiger partial charge in [0.2, 0.25) is 0 Å². The fourth-order valence-corrected chi connectivity index (χ4v) is 3.13. The van der Waals surface area contributed by atoms with E-state index in [2.05, 4.69) is 58.5 Å². The number of hydrogen-bond acceptors (Lipinski definition) is 2. The summed E-state index contributed by atoms with van der Waals surface area (Å²) >= 11 is 5.55. The summed E-state index contributed by atoms with van der Waals surface area (Å²) in [5.74, 6) is 0. The Balaban J connectivity index is 1.48. The lowest BCUT2D eigenvalue weighted by Gasteiger charge is -2.33. The maximum atomic E-state index is 5.55. The first-order valence-electron chi connectivity index (χ1n) is 8.06. The number of hydrogen-bond donors (Lipinski definition) is 2.